The summed E-state index contributed by atoms with van der Waals surface area (Å²) in [4.78, 5) is 15.1. The average Bonchev–Trinajstić information content (AvgIpc) is 2.48. The molecular formula is C16H21N5. The van der Waals surface area contributed by atoms with Crippen LogP contribution in [-0.2, 0) is 0 Å². The first-order valence-electron chi connectivity index (χ1n) is 7.43. The standard InChI is InChI=1S/C16H21N5/c1-12-9-15(3-6-17-12)21-7-4-14(5-8-21)20-16-10-13(2)18-11-19-16/h3,6,9-11,14H,4-5,7-8H2,1-2H3,(H,18,19,20). The Morgan fingerprint density at radius 2 is 1.81 bits per heavy atom. The molecule has 5 nitrogen and oxygen atoms in total. The van der Waals surface area contributed by atoms with E-state index >= 15 is 0 Å². The van der Waals surface area contributed by atoms with E-state index in [1.54, 1.807) is 6.33 Å². The van der Waals surface area contributed by atoms with Gasteiger partial charge in [0.05, 0.1) is 0 Å². The van der Waals surface area contributed by atoms with Gasteiger partial charge in [-0.2, -0.15) is 0 Å². The summed E-state index contributed by atoms with van der Waals surface area (Å²) >= 11 is 0. The Hall–Kier alpha value is -2.17. The molecule has 0 unspecified atom stereocenters. The normalized spacial score (nSPS) is 16.0. The molecule has 5 heteroatoms. The summed E-state index contributed by atoms with van der Waals surface area (Å²) in [7, 11) is 0. The maximum Gasteiger partial charge on any atom is 0.129 e. The molecule has 0 saturated carbocycles. The van der Waals surface area contributed by atoms with E-state index in [0.717, 1.165) is 43.1 Å². The molecule has 3 heterocycles. The fraction of sp³-hybridized carbons (Fsp3) is 0.438. The molecule has 21 heavy (non-hydrogen) atoms. The highest BCUT2D eigenvalue weighted by Gasteiger charge is 2.19. The van der Waals surface area contributed by atoms with Crippen molar-refractivity contribution in [2.45, 2.75) is 32.7 Å². The van der Waals surface area contributed by atoms with Gasteiger partial charge in [0.15, 0.2) is 0 Å². The van der Waals surface area contributed by atoms with Crippen molar-refractivity contribution in [3.8, 4) is 0 Å². The Balaban J connectivity index is 1.58. The molecule has 1 saturated heterocycles. The number of hydrogen-bond donors (Lipinski definition) is 1. The van der Waals surface area contributed by atoms with Gasteiger partial charge in [-0.1, -0.05) is 0 Å². The van der Waals surface area contributed by atoms with Crippen LogP contribution in [0.4, 0.5) is 11.5 Å². The van der Waals surface area contributed by atoms with Gasteiger partial charge in [0, 0.05) is 48.5 Å². The Morgan fingerprint density at radius 3 is 2.52 bits per heavy atom. The zero-order chi connectivity index (χ0) is 14.7. The SMILES string of the molecule is Cc1cc(N2CCC(Nc3cc(C)ncn3)CC2)ccn1. The summed E-state index contributed by atoms with van der Waals surface area (Å²) < 4.78 is 0. The second-order valence-corrected chi connectivity index (χ2v) is 5.61. The molecule has 0 aromatic carbocycles. The number of nitrogens with one attached hydrogen (secondary N) is 1. The largest absolute Gasteiger partial charge is 0.371 e. The van der Waals surface area contributed by atoms with Gasteiger partial charge >= 0.3 is 0 Å². The molecule has 1 N–H and O–H groups in total. The fourth-order valence-corrected chi connectivity index (χ4v) is 2.75. The molecule has 1 aliphatic rings. The number of aromatic nitrogens is 3. The Morgan fingerprint density at radius 1 is 1.05 bits per heavy atom. The van der Waals surface area contributed by atoms with Gasteiger partial charge < -0.3 is 10.2 Å². The van der Waals surface area contributed by atoms with E-state index in [4.69, 9.17) is 0 Å². The third-order valence-corrected chi connectivity index (χ3v) is 3.90. The molecule has 2 aromatic rings. The van der Waals surface area contributed by atoms with E-state index in [2.05, 4.69) is 37.3 Å². The first-order valence-corrected chi connectivity index (χ1v) is 7.43. The zero-order valence-electron chi connectivity index (χ0n) is 12.6. The average molecular weight is 283 g/mol. The highest BCUT2D eigenvalue weighted by molar-refractivity contribution is 5.47. The van der Waals surface area contributed by atoms with Crippen molar-refractivity contribution in [3.63, 3.8) is 0 Å². The van der Waals surface area contributed by atoms with E-state index < -0.39 is 0 Å². The van der Waals surface area contributed by atoms with Crippen molar-refractivity contribution in [3.05, 3.63) is 42.1 Å². The lowest BCUT2D eigenvalue weighted by Crippen LogP contribution is -2.39. The van der Waals surface area contributed by atoms with Gasteiger partial charge in [-0.3, -0.25) is 4.98 Å². The maximum atomic E-state index is 4.28. The van der Waals surface area contributed by atoms with Crippen LogP contribution in [0.3, 0.4) is 0 Å². The summed E-state index contributed by atoms with van der Waals surface area (Å²) in [6, 6.07) is 6.73. The second kappa shape index (κ2) is 6.08. The van der Waals surface area contributed by atoms with Crippen LogP contribution in [-0.4, -0.2) is 34.1 Å². The van der Waals surface area contributed by atoms with Gasteiger partial charge in [-0.05, 0) is 38.8 Å². The lowest BCUT2D eigenvalue weighted by atomic mass is 10.0. The minimum atomic E-state index is 0.485. The molecule has 110 valence electrons. The quantitative estimate of drug-likeness (QED) is 0.938. The van der Waals surface area contributed by atoms with Crippen molar-refractivity contribution in [2.75, 3.05) is 23.3 Å². The molecule has 1 aliphatic heterocycles. The lowest BCUT2D eigenvalue weighted by molar-refractivity contribution is 0.525. The number of nitrogens with zero attached hydrogens (tertiary/aromatic N) is 4. The monoisotopic (exact) mass is 283 g/mol. The molecule has 0 atom stereocenters. The minimum Gasteiger partial charge on any atom is -0.371 e. The first kappa shape index (κ1) is 13.8. The van der Waals surface area contributed by atoms with E-state index in [1.807, 2.05) is 26.1 Å². The summed E-state index contributed by atoms with van der Waals surface area (Å²) in [6.07, 6.45) is 5.74. The van der Waals surface area contributed by atoms with Crippen molar-refractivity contribution in [1.82, 2.24) is 15.0 Å². The lowest BCUT2D eigenvalue weighted by Gasteiger charge is -2.34. The third-order valence-electron chi connectivity index (χ3n) is 3.90. The number of anilines is 2. The second-order valence-electron chi connectivity index (χ2n) is 5.61. The van der Waals surface area contributed by atoms with E-state index in [9.17, 15) is 0 Å². The Bertz CT molecular complexity index is 605. The topological polar surface area (TPSA) is 53.9 Å². The van der Waals surface area contributed by atoms with Crippen LogP contribution >= 0.6 is 0 Å². The van der Waals surface area contributed by atoms with Crippen molar-refractivity contribution in [2.24, 2.45) is 0 Å². The molecule has 0 bridgehead atoms. The van der Waals surface area contributed by atoms with Gasteiger partial charge in [0.1, 0.15) is 12.1 Å². The van der Waals surface area contributed by atoms with Crippen LogP contribution in [0.1, 0.15) is 24.2 Å². The Kier molecular flexibility index (Phi) is 3.99. The Labute approximate surface area is 125 Å². The van der Waals surface area contributed by atoms with E-state index in [-0.39, 0.29) is 0 Å². The number of aryl methyl sites for hydroxylation is 2. The van der Waals surface area contributed by atoms with Gasteiger partial charge in [-0.15, -0.1) is 0 Å². The number of piperidine rings is 1. The summed E-state index contributed by atoms with van der Waals surface area (Å²) in [5.74, 6) is 0.931. The smallest absolute Gasteiger partial charge is 0.129 e. The van der Waals surface area contributed by atoms with Gasteiger partial charge in [-0.25, -0.2) is 9.97 Å². The third kappa shape index (κ3) is 3.48. The van der Waals surface area contributed by atoms with Crippen LogP contribution in [0, 0.1) is 13.8 Å². The molecule has 0 spiro atoms. The highest BCUT2D eigenvalue weighted by atomic mass is 15.2. The van der Waals surface area contributed by atoms with Crippen molar-refractivity contribution >= 4 is 11.5 Å². The molecule has 3 rings (SSSR count). The van der Waals surface area contributed by atoms with Crippen LogP contribution in [0.25, 0.3) is 0 Å². The summed E-state index contributed by atoms with van der Waals surface area (Å²) in [5.41, 5.74) is 3.35. The predicted octanol–water partition coefficient (Wildman–Crippen LogP) is 2.57. The summed E-state index contributed by atoms with van der Waals surface area (Å²) in [6.45, 7) is 6.15. The number of pyridine rings is 1. The maximum absolute atomic E-state index is 4.28. The zero-order valence-corrected chi connectivity index (χ0v) is 12.6. The summed E-state index contributed by atoms with van der Waals surface area (Å²) in [5, 5.41) is 3.51. The molecule has 1 fully saturated rings. The van der Waals surface area contributed by atoms with Crippen molar-refractivity contribution < 1.29 is 0 Å². The molecule has 0 radical (unpaired) electrons. The fourth-order valence-electron chi connectivity index (χ4n) is 2.75. The van der Waals surface area contributed by atoms with Crippen LogP contribution < -0.4 is 10.2 Å². The van der Waals surface area contributed by atoms with Crippen LogP contribution in [0.5, 0.6) is 0 Å². The van der Waals surface area contributed by atoms with Gasteiger partial charge in [0.25, 0.3) is 0 Å². The first-order chi connectivity index (χ1) is 10.2. The van der Waals surface area contributed by atoms with Crippen LogP contribution in [0.15, 0.2) is 30.7 Å². The highest BCUT2D eigenvalue weighted by Crippen LogP contribution is 2.21. The minimum absolute atomic E-state index is 0.485. The predicted molar refractivity (Wildman–Crippen MR) is 84.6 cm³/mol. The molecular weight excluding hydrogens is 262 g/mol. The van der Waals surface area contributed by atoms with Crippen LogP contribution in [0.2, 0.25) is 0 Å². The van der Waals surface area contributed by atoms with Crippen molar-refractivity contribution in [1.29, 1.82) is 0 Å². The number of hydrogen-bond acceptors (Lipinski definition) is 5. The molecule has 0 amide bonds. The van der Waals surface area contributed by atoms with E-state index in [1.165, 1.54) is 5.69 Å². The molecule has 2 aromatic heterocycles. The van der Waals surface area contributed by atoms with Gasteiger partial charge in [0.2, 0.25) is 0 Å². The molecule has 0 aliphatic carbocycles. The number of rotatable bonds is 3. The van der Waals surface area contributed by atoms with E-state index in [0.29, 0.717) is 6.04 Å².